The van der Waals surface area contributed by atoms with Crippen LogP contribution in [0.3, 0.4) is 0 Å². The Bertz CT molecular complexity index is 1330. The number of para-hydroxylation sites is 1. The van der Waals surface area contributed by atoms with Crippen molar-refractivity contribution in [2.45, 2.75) is 25.1 Å². The lowest BCUT2D eigenvalue weighted by Crippen LogP contribution is -2.40. The van der Waals surface area contributed by atoms with E-state index in [0.717, 1.165) is 47.0 Å². The molecule has 4 aromatic rings. The molecular weight excluding hydrogens is 439 g/mol. The Morgan fingerprint density at radius 3 is 2.56 bits per heavy atom. The molecule has 1 amide bonds. The molecule has 1 atom stereocenters. The summed E-state index contributed by atoms with van der Waals surface area (Å²) in [5.41, 5.74) is 2.44. The highest BCUT2D eigenvalue weighted by molar-refractivity contribution is 6.05. The Labute approximate surface area is 195 Å². The van der Waals surface area contributed by atoms with Gasteiger partial charge in [-0.3, -0.25) is 9.78 Å². The van der Waals surface area contributed by atoms with E-state index in [1.54, 1.807) is 12.4 Å². The highest BCUT2D eigenvalue weighted by Crippen LogP contribution is 2.37. The third-order valence-corrected chi connectivity index (χ3v) is 6.20. The van der Waals surface area contributed by atoms with Crippen molar-refractivity contribution in [3.63, 3.8) is 0 Å². The van der Waals surface area contributed by atoms with E-state index >= 15 is 0 Å². The Morgan fingerprint density at radius 1 is 0.971 bits per heavy atom. The van der Waals surface area contributed by atoms with Crippen LogP contribution in [0.4, 0.5) is 24.5 Å². The molecule has 4 nitrogen and oxygen atoms in total. The number of hydrogen-bond donors (Lipinski definition) is 1. The van der Waals surface area contributed by atoms with E-state index in [-0.39, 0.29) is 5.91 Å². The molecule has 0 aliphatic carbocycles. The highest BCUT2D eigenvalue weighted by Gasteiger charge is 2.34. The third-order valence-electron chi connectivity index (χ3n) is 6.20. The number of alkyl halides is 3. The fourth-order valence-electron chi connectivity index (χ4n) is 4.59. The first-order valence-electron chi connectivity index (χ1n) is 11.1. The van der Waals surface area contributed by atoms with Crippen LogP contribution in [0.5, 0.6) is 0 Å². The number of hydrogen-bond acceptors (Lipinski definition) is 3. The fraction of sp³-hybridized carbons (Fsp3) is 0.185. The molecule has 7 heteroatoms. The summed E-state index contributed by atoms with van der Waals surface area (Å²) >= 11 is 0. The Morgan fingerprint density at radius 2 is 1.76 bits per heavy atom. The van der Waals surface area contributed by atoms with E-state index in [9.17, 15) is 18.0 Å². The van der Waals surface area contributed by atoms with Crippen LogP contribution in [0.15, 0.2) is 85.2 Å². The minimum absolute atomic E-state index is 0.305. The number of nitrogens with one attached hydrogen (secondary N) is 1. The lowest BCUT2D eigenvalue weighted by molar-refractivity contribution is -0.137. The second-order valence-corrected chi connectivity index (χ2v) is 8.34. The van der Waals surface area contributed by atoms with Gasteiger partial charge in [0.25, 0.3) is 5.91 Å². The minimum atomic E-state index is -4.44. The number of anilines is 2. The van der Waals surface area contributed by atoms with Crippen molar-refractivity contribution in [1.82, 2.24) is 4.98 Å². The van der Waals surface area contributed by atoms with Gasteiger partial charge in [-0.25, -0.2) is 0 Å². The number of fused-ring (bicyclic) bond motifs is 2. The average Bonchev–Trinajstić information content (AvgIpc) is 2.84. The van der Waals surface area contributed by atoms with E-state index in [4.69, 9.17) is 0 Å². The van der Waals surface area contributed by atoms with Gasteiger partial charge in [0.2, 0.25) is 0 Å². The van der Waals surface area contributed by atoms with E-state index in [1.807, 2.05) is 53.4 Å². The molecule has 0 spiro atoms. The van der Waals surface area contributed by atoms with E-state index in [1.165, 1.54) is 12.1 Å². The van der Waals surface area contributed by atoms with Crippen molar-refractivity contribution >= 4 is 28.1 Å². The number of carbonyl (C=O) groups is 1. The van der Waals surface area contributed by atoms with Gasteiger partial charge < -0.3 is 10.2 Å². The number of nitrogens with zero attached hydrogens (tertiary/aromatic N) is 2. The summed E-state index contributed by atoms with van der Waals surface area (Å²) in [7, 11) is 0. The van der Waals surface area contributed by atoms with Crippen LogP contribution in [0.1, 0.15) is 29.2 Å². The van der Waals surface area contributed by atoms with Crippen molar-refractivity contribution in [2.24, 2.45) is 0 Å². The van der Waals surface area contributed by atoms with Gasteiger partial charge in [0.1, 0.15) is 6.04 Å². The van der Waals surface area contributed by atoms with Gasteiger partial charge in [0.15, 0.2) is 0 Å². The average molecular weight is 461 g/mol. The zero-order valence-electron chi connectivity index (χ0n) is 18.2. The summed E-state index contributed by atoms with van der Waals surface area (Å²) in [4.78, 5) is 19.9. The van der Waals surface area contributed by atoms with Crippen molar-refractivity contribution < 1.29 is 18.0 Å². The summed E-state index contributed by atoms with van der Waals surface area (Å²) in [5.74, 6) is -0.305. The molecule has 0 radical (unpaired) electrons. The molecule has 0 saturated heterocycles. The number of aromatic nitrogens is 1. The van der Waals surface area contributed by atoms with Gasteiger partial charge in [0.05, 0.1) is 5.56 Å². The molecule has 1 aliphatic heterocycles. The Kier molecular flexibility index (Phi) is 5.69. The molecule has 5 rings (SSSR count). The molecule has 1 N–H and O–H groups in total. The summed E-state index contributed by atoms with van der Waals surface area (Å²) in [5, 5.41) is 4.75. The molecule has 2 heterocycles. The van der Waals surface area contributed by atoms with Gasteiger partial charge in [-0.05, 0) is 54.3 Å². The first kappa shape index (κ1) is 21.9. The first-order valence-corrected chi connectivity index (χ1v) is 11.1. The van der Waals surface area contributed by atoms with E-state index in [2.05, 4.69) is 10.3 Å². The number of halogens is 3. The van der Waals surface area contributed by atoms with E-state index < -0.39 is 17.8 Å². The van der Waals surface area contributed by atoms with Crippen LogP contribution in [0.25, 0.3) is 10.8 Å². The Hall–Kier alpha value is -3.87. The lowest BCUT2D eigenvalue weighted by atomic mass is 9.95. The molecular formula is C27H22F3N3O. The van der Waals surface area contributed by atoms with Gasteiger partial charge in [-0.15, -0.1) is 0 Å². The van der Waals surface area contributed by atoms with Crippen LogP contribution in [0.2, 0.25) is 0 Å². The standard InChI is InChI=1S/C27H22F3N3O/c28-27(29,30)21-12-10-19(11-13-21)25(33-16-4-7-18-5-1-2-9-24(18)33)26(34)32-23-8-3-6-20-17-31-15-14-22(20)23/h1-3,5-6,8-15,17,25H,4,7,16H2,(H,32,34). The van der Waals surface area contributed by atoms with Crippen LogP contribution < -0.4 is 10.2 Å². The molecule has 0 bridgehead atoms. The zero-order chi connectivity index (χ0) is 23.7. The molecule has 172 valence electrons. The maximum Gasteiger partial charge on any atom is 0.416 e. The smallest absolute Gasteiger partial charge is 0.356 e. The summed E-state index contributed by atoms with van der Waals surface area (Å²) in [6.07, 6.45) is 0.683. The number of benzene rings is 3. The number of pyridine rings is 1. The topological polar surface area (TPSA) is 45.2 Å². The molecule has 0 saturated carbocycles. The number of aryl methyl sites for hydroxylation is 1. The monoisotopic (exact) mass is 461 g/mol. The zero-order valence-corrected chi connectivity index (χ0v) is 18.2. The van der Waals surface area contributed by atoms with Gasteiger partial charge in [-0.1, -0.05) is 42.5 Å². The number of carbonyl (C=O) groups excluding carboxylic acids is 1. The predicted octanol–water partition coefficient (Wildman–Crippen LogP) is 6.39. The fourth-order valence-corrected chi connectivity index (χ4v) is 4.59. The van der Waals surface area contributed by atoms with E-state index in [0.29, 0.717) is 17.8 Å². The predicted molar refractivity (Wildman–Crippen MR) is 127 cm³/mol. The largest absolute Gasteiger partial charge is 0.416 e. The lowest BCUT2D eigenvalue weighted by Gasteiger charge is -2.37. The molecule has 1 aromatic heterocycles. The minimum Gasteiger partial charge on any atom is -0.356 e. The molecule has 0 fully saturated rings. The van der Waals surface area contributed by atoms with Crippen LogP contribution in [-0.4, -0.2) is 17.4 Å². The van der Waals surface area contributed by atoms with Crippen LogP contribution in [0, 0.1) is 0 Å². The molecule has 1 unspecified atom stereocenters. The van der Waals surface area contributed by atoms with Crippen LogP contribution >= 0.6 is 0 Å². The molecule has 34 heavy (non-hydrogen) atoms. The van der Waals surface area contributed by atoms with Gasteiger partial charge in [-0.2, -0.15) is 13.2 Å². The van der Waals surface area contributed by atoms with Crippen LogP contribution in [-0.2, 0) is 17.4 Å². The maximum absolute atomic E-state index is 13.8. The van der Waals surface area contributed by atoms with Gasteiger partial charge >= 0.3 is 6.18 Å². The maximum atomic E-state index is 13.8. The summed E-state index contributed by atoms with van der Waals surface area (Å²) in [6, 6.07) is 19.3. The first-order chi connectivity index (χ1) is 16.4. The normalized spacial score (nSPS) is 14.5. The third kappa shape index (κ3) is 4.21. The highest BCUT2D eigenvalue weighted by atomic mass is 19.4. The second-order valence-electron chi connectivity index (χ2n) is 8.34. The Balaban J connectivity index is 1.56. The quantitative estimate of drug-likeness (QED) is 0.383. The summed E-state index contributed by atoms with van der Waals surface area (Å²) < 4.78 is 39.5. The van der Waals surface area contributed by atoms with Crippen molar-refractivity contribution in [2.75, 3.05) is 16.8 Å². The molecule has 1 aliphatic rings. The number of rotatable bonds is 4. The molecule has 3 aromatic carbocycles. The second kappa shape index (κ2) is 8.82. The summed E-state index contributed by atoms with van der Waals surface area (Å²) in [6.45, 7) is 0.621. The van der Waals surface area contributed by atoms with Gasteiger partial charge in [0, 0.05) is 41.1 Å². The SMILES string of the molecule is O=C(Nc1cccc2cnccc12)C(c1ccc(C(F)(F)F)cc1)N1CCCc2ccccc21. The number of amides is 1. The van der Waals surface area contributed by atoms with Crippen molar-refractivity contribution in [1.29, 1.82) is 0 Å². The van der Waals surface area contributed by atoms with Crippen molar-refractivity contribution in [3.8, 4) is 0 Å². The van der Waals surface area contributed by atoms with Crippen molar-refractivity contribution in [3.05, 3.63) is 102 Å².